The number of nitrogens with one attached hydrogen (secondary N) is 1. The topological polar surface area (TPSA) is 70.0 Å². The Morgan fingerprint density at radius 1 is 1.45 bits per heavy atom. The second-order valence-electron chi connectivity index (χ2n) is 5.60. The molecule has 1 N–H and O–H groups in total. The summed E-state index contributed by atoms with van der Waals surface area (Å²) in [5.74, 6) is 0.446. The quantitative estimate of drug-likeness (QED) is 0.908. The van der Waals surface area contributed by atoms with E-state index in [1.165, 1.54) is 18.2 Å². The first kappa shape index (κ1) is 15.3. The van der Waals surface area contributed by atoms with Gasteiger partial charge in [-0.05, 0) is 42.4 Å². The van der Waals surface area contributed by atoms with Gasteiger partial charge in [-0.25, -0.2) is 13.1 Å². The van der Waals surface area contributed by atoms with Crippen molar-refractivity contribution in [2.45, 2.75) is 31.6 Å². The number of nitrogens with zero attached hydrogens (tertiary/aromatic N) is 1. The van der Waals surface area contributed by atoms with Gasteiger partial charge >= 0.3 is 0 Å². The summed E-state index contributed by atoms with van der Waals surface area (Å²) in [6.45, 7) is 4.65. The first-order valence-corrected chi connectivity index (χ1v) is 8.36. The van der Waals surface area contributed by atoms with E-state index in [0.717, 1.165) is 12.8 Å². The molecule has 0 spiro atoms. The molecule has 0 heterocycles. The fourth-order valence-corrected chi connectivity index (χ4v) is 3.90. The van der Waals surface area contributed by atoms with Gasteiger partial charge in [-0.3, -0.25) is 0 Å². The maximum atomic E-state index is 12.3. The molecule has 0 aromatic heterocycles. The molecular formula is C14H17ClN2O2S. The highest BCUT2D eigenvalue weighted by atomic mass is 35.5. The lowest BCUT2D eigenvalue weighted by molar-refractivity contribution is 0.357. The Kier molecular flexibility index (Phi) is 4.10. The Balaban J connectivity index is 2.17. The molecule has 1 fully saturated rings. The van der Waals surface area contributed by atoms with E-state index >= 15 is 0 Å². The van der Waals surface area contributed by atoms with Crippen LogP contribution >= 0.6 is 11.6 Å². The zero-order valence-corrected chi connectivity index (χ0v) is 13.1. The molecule has 108 valence electrons. The Morgan fingerprint density at radius 3 is 2.55 bits per heavy atom. The highest BCUT2D eigenvalue weighted by Gasteiger charge is 2.45. The zero-order chi connectivity index (χ0) is 15.0. The van der Waals surface area contributed by atoms with E-state index in [0.29, 0.717) is 18.0 Å². The van der Waals surface area contributed by atoms with Crippen LogP contribution in [0.1, 0.15) is 32.3 Å². The predicted octanol–water partition coefficient (Wildman–Crippen LogP) is 2.93. The molecule has 6 heteroatoms. The number of hydrogen-bond donors (Lipinski definition) is 1. The highest BCUT2D eigenvalue weighted by molar-refractivity contribution is 7.89. The number of halogens is 1. The summed E-state index contributed by atoms with van der Waals surface area (Å²) in [6, 6.07) is 6.12. The van der Waals surface area contributed by atoms with Gasteiger partial charge in [0.15, 0.2) is 0 Å². The van der Waals surface area contributed by atoms with Crippen molar-refractivity contribution in [2.24, 2.45) is 11.3 Å². The van der Waals surface area contributed by atoms with Gasteiger partial charge in [0.2, 0.25) is 10.0 Å². The fraction of sp³-hybridized carbons (Fsp3) is 0.500. The largest absolute Gasteiger partial charge is 0.242 e. The number of sulfonamides is 1. The molecule has 1 aromatic rings. The van der Waals surface area contributed by atoms with Crippen molar-refractivity contribution >= 4 is 21.6 Å². The molecule has 1 aliphatic carbocycles. The molecule has 0 unspecified atom stereocenters. The van der Waals surface area contributed by atoms with Crippen LogP contribution in [0.25, 0.3) is 0 Å². The lowest BCUT2D eigenvalue weighted by Gasteiger charge is -2.20. The van der Waals surface area contributed by atoms with Gasteiger partial charge in [0.25, 0.3) is 0 Å². The fourth-order valence-electron chi connectivity index (χ4n) is 2.22. The predicted molar refractivity (Wildman–Crippen MR) is 77.9 cm³/mol. The molecule has 4 nitrogen and oxygen atoms in total. The van der Waals surface area contributed by atoms with Crippen molar-refractivity contribution in [2.75, 3.05) is 6.54 Å². The molecule has 0 atom stereocenters. The minimum absolute atomic E-state index is 0.0257. The maximum absolute atomic E-state index is 12.3. The van der Waals surface area contributed by atoms with Gasteiger partial charge in [0, 0.05) is 6.54 Å². The van der Waals surface area contributed by atoms with Gasteiger partial charge in [0.05, 0.1) is 16.7 Å². The van der Waals surface area contributed by atoms with Crippen LogP contribution in [0.15, 0.2) is 23.1 Å². The third-order valence-corrected chi connectivity index (χ3v) is 5.97. The smallest absolute Gasteiger partial charge is 0.211 e. The van der Waals surface area contributed by atoms with Crippen LogP contribution < -0.4 is 4.72 Å². The molecule has 0 amide bonds. The summed E-state index contributed by atoms with van der Waals surface area (Å²) in [5, 5.41) is 8.84. The molecule has 1 aromatic carbocycles. The molecular weight excluding hydrogens is 296 g/mol. The molecule has 1 aliphatic rings. The van der Waals surface area contributed by atoms with E-state index < -0.39 is 10.0 Å². The summed E-state index contributed by atoms with van der Waals surface area (Å²) < 4.78 is 27.2. The van der Waals surface area contributed by atoms with Gasteiger partial charge in [-0.15, -0.1) is 0 Å². The lowest BCUT2D eigenvalue weighted by Crippen LogP contribution is -2.32. The average Bonchev–Trinajstić information content (AvgIpc) is 3.17. The summed E-state index contributed by atoms with van der Waals surface area (Å²) in [6.07, 6.45) is 2.10. The third kappa shape index (κ3) is 2.98. The first-order valence-electron chi connectivity index (χ1n) is 6.50. The Labute approximate surface area is 124 Å². The van der Waals surface area contributed by atoms with Crippen molar-refractivity contribution in [3.8, 4) is 6.07 Å². The third-order valence-electron chi connectivity index (χ3n) is 4.08. The van der Waals surface area contributed by atoms with Crippen LogP contribution in [0.2, 0.25) is 5.02 Å². The van der Waals surface area contributed by atoms with E-state index in [-0.39, 0.29) is 15.3 Å². The van der Waals surface area contributed by atoms with Crippen LogP contribution in [-0.4, -0.2) is 15.0 Å². The Hall–Kier alpha value is -1.09. The minimum atomic E-state index is -3.63. The summed E-state index contributed by atoms with van der Waals surface area (Å²) in [5.41, 5.74) is 0.432. The SMILES string of the molecule is CC(C)C1(CNS(=O)(=O)c2ccc(C#N)cc2Cl)CC1. The maximum Gasteiger partial charge on any atom is 0.242 e. The monoisotopic (exact) mass is 312 g/mol. The Morgan fingerprint density at radius 2 is 2.10 bits per heavy atom. The standard InChI is InChI=1S/C14H17ClN2O2S/c1-10(2)14(5-6-14)9-17-20(18,19)13-4-3-11(8-16)7-12(13)15/h3-4,7,10,17H,5-6,9H2,1-2H3. The zero-order valence-electron chi connectivity index (χ0n) is 11.5. The van der Waals surface area contributed by atoms with Crippen molar-refractivity contribution in [1.29, 1.82) is 5.26 Å². The van der Waals surface area contributed by atoms with E-state index in [1.54, 1.807) is 0 Å². The van der Waals surface area contributed by atoms with Crippen LogP contribution in [0, 0.1) is 22.7 Å². The lowest BCUT2D eigenvalue weighted by atomic mass is 9.93. The molecule has 0 saturated heterocycles. The minimum Gasteiger partial charge on any atom is -0.211 e. The number of nitriles is 1. The van der Waals surface area contributed by atoms with Crippen LogP contribution in [-0.2, 0) is 10.0 Å². The van der Waals surface area contributed by atoms with Crippen LogP contribution in [0.4, 0.5) is 0 Å². The normalized spacial score (nSPS) is 16.9. The molecule has 0 aliphatic heterocycles. The van der Waals surface area contributed by atoms with Crippen molar-refractivity contribution in [3.05, 3.63) is 28.8 Å². The van der Waals surface area contributed by atoms with Gasteiger partial charge in [-0.2, -0.15) is 5.26 Å². The van der Waals surface area contributed by atoms with Gasteiger partial charge in [0.1, 0.15) is 4.90 Å². The average molecular weight is 313 g/mol. The molecule has 20 heavy (non-hydrogen) atoms. The number of benzene rings is 1. The second kappa shape index (κ2) is 5.36. The number of rotatable bonds is 5. The summed E-state index contributed by atoms with van der Waals surface area (Å²) in [4.78, 5) is 0.0257. The van der Waals surface area contributed by atoms with Crippen LogP contribution in [0.5, 0.6) is 0 Å². The van der Waals surface area contributed by atoms with E-state index in [2.05, 4.69) is 18.6 Å². The van der Waals surface area contributed by atoms with E-state index in [9.17, 15) is 8.42 Å². The van der Waals surface area contributed by atoms with E-state index in [1.807, 2.05) is 6.07 Å². The first-order chi connectivity index (χ1) is 9.31. The second-order valence-corrected chi connectivity index (χ2v) is 7.74. The summed E-state index contributed by atoms with van der Waals surface area (Å²) in [7, 11) is -3.63. The van der Waals surface area contributed by atoms with Crippen molar-refractivity contribution in [1.82, 2.24) is 4.72 Å². The molecule has 1 saturated carbocycles. The molecule has 2 rings (SSSR count). The van der Waals surface area contributed by atoms with Crippen molar-refractivity contribution < 1.29 is 8.42 Å². The number of hydrogen-bond acceptors (Lipinski definition) is 3. The Bertz CT molecular complexity index is 658. The molecule has 0 bridgehead atoms. The molecule has 0 radical (unpaired) electrons. The highest BCUT2D eigenvalue weighted by Crippen LogP contribution is 2.51. The van der Waals surface area contributed by atoms with E-state index in [4.69, 9.17) is 16.9 Å². The van der Waals surface area contributed by atoms with Gasteiger partial charge in [-0.1, -0.05) is 25.4 Å². The van der Waals surface area contributed by atoms with Crippen LogP contribution in [0.3, 0.4) is 0 Å². The van der Waals surface area contributed by atoms with Gasteiger partial charge < -0.3 is 0 Å². The summed E-state index contributed by atoms with van der Waals surface area (Å²) >= 11 is 5.95. The van der Waals surface area contributed by atoms with Crippen molar-refractivity contribution in [3.63, 3.8) is 0 Å².